The molecule has 28 heavy (non-hydrogen) atoms. The highest BCUT2D eigenvalue weighted by molar-refractivity contribution is 14.1. The van der Waals surface area contributed by atoms with Crippen molar-refractivity contribution in [3.05, 3.63) is 26.2 Å². The number of benzene rings is 1. The first-order valence-corrected chi connectivity index (χ1v) is 10.4. The van der Waals surface area contributed by atoms with Gasteiger partial charge in [0, 0.05) is 0 Å². The summed E-state index contributed by atoms with van der Waals surface area (Å²) in [6.07, 6.45) is 1.60. The van der Waals surface area contributed by atoms with Crippen LogP contribution in [0, 0.1) is 3.57 Å². The maximum Gasteiger partial charge on any atom is 0.326 e. The van der Waals surface area contributed by atoms with E-state index in [0.29, 0.717) is 23.7 Å². The molecule has 0 bridgehead atoms. The molecule has 1 fully saturated rings. The van der Waals surface area contributed by atoms with Gasteiger partial charge in [-0.05, 0) is 85.8 Å². The van der Waals surface area contributed by atoms with Crippen LogP contribution in [-0.4, -0.2) is 47.9 Å². The van der Waals surface area contributed by atoms with E-state index in [4.69, 9.17) is 14.2 Å². The van der Waals surface area contributed by atoms with Gasteiger partial charge < -0.3 is 14.2 Å². The predicted octanol–water partition coefficient (Wildman–Crippen LogP) is 4.08. The molecule has 152 valence electrons. The predicted molar refractivity (Wildman–Crippen MR) is 115 cm³/mol. The Morgan fingerprint density at radius 3 is 2.54 bits per heavy atom. The summed E-state index contributed by atoms with van der Waals surface area (Å²) in [5.74, 6) is 0.00539. The minimum absolute atomic E-state index is 0.232. The number of carbonyl (C=O) groups excluding carboxylic acids is 3. The average molecular weight is 519 g/mol. The van der Waals surface area contributed by atoms with Gasteiger partial charge in [0.2, 0.25) is 0 Å². The number of thioether (sulfide) groups is 1. The van der Waals surface area contributed by atoms with Gasteiger partial charge >= 0.3 is 5.97 Å². The van der Waals surface area contributed by atoms with Crippen LogP contribution in [0.5, 0.6) is 11.5 Å². The molecule has 0 saturated carbocycles. The van der Waals surface area contributed by atoms with Crippen molar-refractivity contribution in [3.63, 3.8) is 0 Å². The van der Waals surface area contributed by atoms with Crippen LogP contribution in [0.15, 0.2) is 17.0 Å². The molecule has 0 aliphatic carbocycles. The largest absolute Gasteiger partial charge is 0.493 e. The van der Waals surface area contributed by atoms with E-state index < -0.39 is 29.3 Å². The Hall–Kier alpha value is -1.75. The monoisotopic (exact) mass is 519 g/mol. The van der Waals surface area contributed by atoms with Gasteiger partial charge in [-0.3, -0.25) is 19.3 Å². The third-order valence-electron chi connectivity index (χ3n) is 3.42. The Bertz CT molecular complexity index is 830. The zero-order chi connectivity index (χ0) is 21.1. The quantitative estimate of drug-likeness (QED) is 0.318. The van der Waals surface area contributed by atoms with Gasteiger partial charge in [0.05, 0.1) is 22.2 Å². The minimum Gasteiger partial charge on any atom is -0.493 e. The lowest BCUT2D eigenvalue weighted by Gasteiger charge is -2.21. The second kappa shape index (κ2) is 9.17. The molecule has 0 atom stereocenters. The van der Waals surface area contributed by atoms with Crippen LogP contribution in [0.3, 0.4) is 0 Å². The Labute approximate surface area is 181 Å². The zero-order valence-electron chi connectivity index (χ0n) is 16.3. The zero-order valence-corrected chi connectivity index (χ0v) is 19.3. The molecule has 2 rings (SSSR count). The fraction of sp³-hybridized carbons (Fsp3) is 0.421. The SMILES string of the molecule is CCOc1c(I)cc(C=C2SC(=O)N(CC(=O)OC(C)(C)C)C2=O)cc1OC. The third-order valence-corrected chi connectivity index (χ3v) is 5.13. The molecular formula is C19H22INO6S. The Morgan fingerprint density at radius 2 is 1.96 bits per heavy atom. The first-order valence-electron chi connectivity index (χ1n) is 8.53. The molecule has 1 aromatic rings. The molecule has 1 aliphatic heterocycles. The van der Waals surface area contributed by atoms with Crippen LogP contribution in [0.2, 0.25) is 0 Å². The van der Waals surface area contributed by atoms with Gasteiger partial charge in [0.25, 0.3) is 11.1 Å². The second-order valence-electron chi connectivity index (χ2n) is 6.82. The standard InChI is InChI=1S/C19H22INO6S/c1-6-26-16-12(20)7-11(8-13(16)25-5)9-14-17(23)21(18(24)28-14)10-15(22)27-19(2,3)4/h7-9H,6,10H2,1-5H3. The Morgan fingerprint density at radius 1 is 1.29 bits per heavy atom. The number of rotatable bonds is 6. The van der Waals surface area contributed by atoms with Crippen molar-refractivity contribution < 1.29 is 28.6 Å². The van der Waals surface area contributed by atoms with Crippen LogP contribution >= 0.6 is 34.4 Å². The first kappa shape index (κ1) is 22.5. The second-order valence-corrected chi connectivity index (χ2v) is 8.98. The molecule has 0 aromatic heterocycles. The number of nitrogens with zero attached hydrogens (tertiary/aromatic N) is 1. The Kier molecular flexibility index (Phi) is 7.38. The van der Waals surface area contributed by atoms with Gasteiger partial charge in [-0.2, -0.15) is 0 Å². The molecule has 0 spiro atoms. The van der Waals surface area contributed by atoms with E-state index in [9.17, 15) is 14.4 Å². The number of carbonyl (C=O) groups is 3. The molecule has 0 radical (unpaired) electrons. The molecule has 7 nitrogen and oxygen atoms in total. The minimum atomic E-state index is -0.690. The van der Waals surface area contributed by atoms with Gasteiger partial charge in [-0.1, -0.05) is 0 Å². The summed E-state index contributed by atoms with van der Waals surface area (Å²) < 4.78 is 17.0. The van der Waals surface area contributed by atoms with E-state index in [0.717, 1.165) is 20.2 Å². The molecule has 9 heteroatoms. The van der Waals surface area contributed by atoms with Crippen molar-refractivity contribution in [1.82, 2.24) is 4.90 Å². The van der Waals surface area contributed by atoms with Crippen LogP contribution < -0.4 is 9.47 Å². The number of hydrogen-bond acceptors (Lipinski definition) is 7. The smallest absolute Gasteiger partial charge is 0.326 e. The number of amides is 2. The summed E-state index contributed by atoms with van der Waals surface area (Å²) in [7, 11) is 1.53. The maximum absolute atomic E-state index is 12.6. The topological polar surface area (TPSA) is 82.1 Å². The van der Waals surface area contributed by atoms with Crippen LogP contribution in [0.4, 0.5) is 4.79 Å². The van der Waals surface area contributed by atoms with Crippen LogP contribution in [0.1, 0.15) is 33.3 Å². The van der Waals surface area contributed by atoms with Gasteiger partial charge in [0.1, 0.15) is 12.1 Å². The normalized spacial score (nSPS) is 15.9. The summed E-state index contributed by atoms with van der Waals surface area (Å²) in [4.78, 5) is 37.9. The highest BCUT2D eigenvalue weighted by Crippen LogP contribution is 2.37. The van der Waals surface area contributed by atoms with Crippen molar-refractivity contribution in [1.29, 1.82) is 0 Å². The van der Waals surface area contributed by atoms with E-state index in [-0.39, 0.29) is 4.91 Å². The first-order chi connectivity index (χ1) is 13.1. The summed E-state index contributed by atoms with van der Waals surface area (Å²) in [5, 5.41) is -0.505. The summed E-state index contributed by atoms with van der Waals surface area (Å²) in [6.45, 7) is 7.13. The molecule has 1 heterocycles. The van der Waals surface area contributed by atoms with Crippen molar-refractivity contribution in [2.75, 3.05) is 20.3 Å². The van der Waals surface area contributed by atoms with Gasteiger partial charge in [-0.15, -0.1) is 0 Å². The van der Waals surface area contributed by atoms with E-state index in [1.165, 1.54) is 7.11 Å². The van der Waals surface area contributed by atoms with Gasteiger partial charge in [-0.25, -0.2) is 0 Å². The van der Waals surface area contributed by atoms with Gasteiger partial charge in [0.15, 0.2) is 11.5 Å². The molecule has 1 saturated heterocycles. The highest BCUT2D eigenvalue weighted by Gasteiger charge is 2.37. The van der Waals surface area contributed by atoms with Crippen molar-refractivity contribution >= 4 is 57.5 Å². The molecular weight excluding hydrogens is 497 g/mol. The number of halogens is 1. The number of esters is 1. The fourth-order valence-corrected chi connectivity index (χ4v) is 4.02. The molecule has 2 amide bonds. The van der Waals surface area contributed by atoms with Crippen LogP contribution in [-0.2, 0) is 14.3 Å². The lowest BCUT2D eigenvalue weighted by Crippen LogP contribution is -2.37. The average Bonchev–Trinajstić information content (AvgIpc) is 2.83. The number of methoxy groups -OCH3 is 1. The van der Waals surface area contributed by atoms with E-state index >= 15 is 0 Å². The number of hydrogen-bond donors (Lipinski definition) is 0. The molecule has 1 aromatic carbocycles. The molecule has 0 N–H and O–H groups in total. The third kappa shape index (κ3) is 5.63. The van der Waals surface area contributed by atoms with Crippen molar-refractivity contribution in [2.24, 2.45) is 0 Å². The number of imide groups is 1. The van der Waals surface area contributed by atoms with Crippen molar-refractivity contribution in [3.8, 4) is 11.5 Å². The summed E-state index contributed by atoms with van der Waals surface area (Å²) >= 11 is 2.91. The lowest BCUT2D eigenvalue weighted by molar-refractivity contribution is -0.156. The highest BCUT2D eigenvalue weighted by atomic mass is 127. The van der Waals surface area contributed by atoms with E-state index in [2.05, 4.69) is 22.6 Å². The lowest BCUT2D eigenvalue weighted by atomic mass is 10.2. The number of ether oxygens (including phenoxy) is 3. The maximum atomic E-state index is 12.6. The fourth-order valence-electron chi connectivity index (χ4n) is 2.40. The summed E-state index contributed by atoms with van der Waals surface area (Å²) in [6, 6.07) is 3.56. The van der Waals surface area contributed by atoms with E-state index in [1.54, 1.807) is 32.9 Å². The van der Waals surface area contributed by atoms with Crippen molar-refractivity contribution in [2.45, 2.75) is 33.3 Å². The summed E-state index contributed by atoms with van der Waals surface area (Å²) in [5.41, 5.74) is -0.00274. The van der Waals surface area contributed by atoms with Crippen LogP contribution in [0.25, 0.3) is 6.08 Å². The Balaban J connectivity index is 2.24. The molecule has 0 unspecified atom stereocenters. The molecule has 1 aliphatic rings. The van der Waals surface area contributed by atoms with E-state index in [1.807, 2.05) is 13.0 Å².